The average Bonchev–Trinajstić information content (AvgIpc) is 3.03. The maximum atomic E-state index is 12.3. The van der Waals surface area contributed by atoms with Crippen LogP contribution in [-0.2, 0) is 14.3 Å². The smallest absolute Gasteiger partial charge is 0.415 e. The van der Waals surface area contributed by atoms with Crippen molar-refractivity contribution in [2.45, 2.75) is 37.9 Å². The van der Waals surface area contributed by atoms with Gasteiger partial charge in [-0.15, -0.1) is 0 Å². The highest BCUT2D eigenvalue weighted by Gasteiger charge is 2.48. The number of nitrogens with zero attached hydrogens (tertiary/aromatic N) is 1. The van der Waals surface area contributed by atoms with Crippen LogP contribution in [0.15, 0.2) is 24.3 Å². The first-order valence-electron chi connectivity index (χ1n) is 7.53. The molecular weight excluding hydrogens is 284 g/mol. The van der Waals surface area contributed by atoms with Crippen molar-refractivity contribution in [3.63, 3.8) is 0 Å². The van der Waals surface area contributed by atoms with E-state index in [0.717, 1.165) is 17.7 Å². The van der Waals surface area contributed by atoms with Gasteiger partial charge >= 0.3 is 12.1 Å². The molecule has 1 aromatic rings. The predicted molar refractivity (Wildman–Crippen MR) is 80.6 cm³/mol. The number of anilines is 1. The third-order valence-electron chi connectivity index (χ3n) is 4.31. The number of benzene rings is 1. The first-order valence-corrected chi connectivity index (χ1v) is 7.53. The minimum Gasteiger partial charge on any atom is -0.469 e. The van der Waals surface area contributed by atoms with Gasteiger partial charge in [0.2, 0.25) is 0 Å². The van der Waals surface area contributed by atoms with Gasteiger partial charge in [-0.25, -0.2) is 4.79 Å². The van der Waals surface area contributed by atoms with Crippen molar-refractivity contribution in [1.29, 1.82) is 0 Å². The van der Waals surface area contributed by atoms with Crippen LogP contribution >= 0.6 is 0 Å². The fourth-order valence-electron chi connectivity index (χ4n) is 3.41. The highest BCUT2D eigenvalue weighted by molar-refractivity contribution is 5.92. The van der Waals surface area contributed by atoms with Gasteiger partial charge < -0.3 is 9.47 Å². The molecule has 0 spiro atoms. The molecule has 1 amide bonds. The number of nitrogens with one attached hydrogen (secondary N) is 1. The number of carbonyl (C=O) groups is 2. The zero-order valence-corrected chi connectivity index (χ0v) is 12.7. The van der Waals surface area contributed by atoms with Crippen molar-refractivity contribution < 1.29 is 19.1 Å². The van der Waals surface area contributed by atoms with Crippen LogP contribution in [0.25, 0.3) is 0 Å². The van der Waals surface area contributed by atoms with Crippen molar-refractivity contribution in [2.24, 2.45) is 0 Å². The van der Waals surface area contributed by atoms with Crippen LogP contribution in [0.5, 0.6) is 0 Å². The molecule has 1 N–H and O–H groups in total. The van der Waals surface area contributed by atoms with Crippen molar-refractivity contribution in [2.75, 3.05) is 18.6 Å². The van der Waals surface area contributed by atoms with E-state index >= 15 is 0 Å². The molecule has 1 saturated heterocycles. The lowest BCUT2D eigenvalue weighted by Crippen LogP contribution is -2.47. The summed E-state index contributed by atoms with van der Waals surface area (Å²) in [6.45, 7) is 2.12. The summed E-state index contributed by atoms with van der Waals surface area (Å²) in [6.07, 6.45) is 0.592. The van der Waals surface area contributed by atoms with Gasteiger partial charge in [0.05, 0.1) is 32.0 Å². The molecule has 0 radical (unpaired) electrons. The zero-order valence-electron chi connectivity index (χ0n) is 12.7. The summed E-state index contributed by atoms with van der Waals surface area (Å²) in [7, 11) is 1.39. The molecule has 118 valence electrons. The van der Waals surface area contributed by atoms with Gasteiger partial charge in [0.1, 0.15) is 0 Å². The number of para-hydroxylation sites is 1. The monoisotopic (exact) mass is 304 g/mol. The van der Waals surface area contributed by atoms with Crippen molar-refractivity contribution in [3.05, 3.63) is 29.8 Å². The second-order valence-corrected chi connectivity index (χ2v) is 5.56. The summed E-state index contributed by atoms with van der Waals surface area (Å²) < 4.78 is 9.92. The Morgan fingerprint density at radius 1 is 1.36 bits per heavy atom. The molecule has 3 atom stereocenters. The van der Waals surface area contributed by atoms with Crippen molar-refractivity contribution in [1.82, 2.24) is 5.32 Å². The minimum atomic E-state index is -0.353. The number of ether oxygens (including phenoxy) is 2. The van der Waals surface area contributed by atoms with E-state index in [4.69, 9.17) is 9.47 Å². The molecule has 0 unspecified atom stereocenters. The van der Waals surface area contributed by atoms with Crippen molar-refractivity contribution in [3.8, 4) is 0 Å². The topological polar surface area (TPSA) is 67.9 Å². The number of fused-ring (bicyclic) bond motifs is 3. The fraction of sp³-hybridized carbons (Fsp3) is 0.500. The van der Waals surface area contributed by atoms with E-state index in [2.05, 4.69) is 5.32 Å². The molecule has 0 aliphatic carbocycles. The lowest BCUT2D eigenvalue weighted by Gasteiger charge is -2.25. The molecule has 0 bridgehead atoms. The molecule has 2 aliphatic rings. The normalized spacial score (nSPS) is 25.5. The third-order valence-corrected chi connectivity index (χ3v) is 4.31. The van der Waals surface area contributed by atoms with Crippen LogP contribution < -0.4 is 10.2 Å². The van der Waals surface area contributed by atoms with Crippen LogP contribution in [-0.4, -0.2) is 38.0 Å². The summed E-state index contributed by atoms with van der Waals surface area (Å²) in [4.78, 5) is 25.5. The van der Waals surface area contributed by atoms with Crippen LogP contribution in [0.1, 0.15) is 31.2 Å². The molecule has 6 nitrogen and oxygen atoms in total. The Morgan fingerprint density at radius 2 is 2.14 bits per heavy atom. The summed E-state index contributed by atoms with van der Waals surface area (Å²) >= 11 is 0. The fourth-order valence-corrected chi connectivity index (χ4v) is 3.41. The Bertz CT molecular complexity index is 589. The van der Waals surface area contributed by atoms with E-state index in [1.807, 2.05) is 24.3 Å². The summed E-state index contributed by atoms with van der Waals surface area (Å²) in [5, 5.41) is 3.38. The molecule has 1 fully saturated rings. The van der Waals surface area contributed by atoms with Gasteiger partial charge in [-0.2, -0.15) is 0 Å². The third kappa shape index (κ3) is 2.43. The minimum absolute atomic E-state index is 0.00716. The summed E-state index contributed by atoms with van der Waals surface area (Å²) in [6, 6.07) is 7.86. The number of hydrogen-bond donors (Lipinski definition) is 1. The predicted octanol–water partition coefficient (Wildman–Crippen LogP) is 2.00. The second-order valence-electron chi connectivity index (χ2n) is 5.56. The van der Waals surface area contributed by atoms with E-state index < -0.39 is 0 Å². The molecule has 0 aromatic heterocycles. The summed E-state index contributed by atoms with van der Waals surface area (Å²) in [5.41, 5.74) is 2.01. The first-order chi connectivity index (χ1) is 10.7. The van der Waals surface area contributed by atoms with Gasteiger partial charge in [-0.05, 0) is 25.0 Å². The molecule has 2 aliphatic heterocycles. The Kier molecular flexibility index (Phi) is 4.02. The maximum absolute atomic E-state index is 12.3. The molecule has 6 heteroatoms. The number of esters is 1. The average molecular weight is 304 g/mol. The first kappa shape index (κ1) is 14.8. The number of rotatable bonds is 3. The summed E-state index contributed by atoms with van der Waals surface area (Å²) in [5.74, 6) is -0.0660. The molecule has 1 aromatic carbocycles. The molecule has 0 saturated carbocycles. The highest BCUT2D eigenvalue weighted by atomic mass is 16.6. The largest absolute Gasteiger partial charge is 0.469 e. The maximum Gasteiger partial charge on any atom is 0.415 e. The SMILES string of the molecule is CCOC(=O)N1c2ccccc2[C@H]2C[C@@H](CC(=O)OC)N[C@H]21. The van der Waals surface area contributed by atoms with Crippen LogP contribution in [0.2, 0.25) is 0 Å². The van der Waals surface area contributed by atoms with Crippen molar-refractivity contribution >= 4 is 17.7 Å². The second kappa shape index (κ2) is 5.96. The lowest BCUT2D eigenvalue weighted by molar-refractivity contribution is -0.141. The van der Waals surface area contributed by atoms with E-state index in [9.17, 15) is 9.59 Å². The Hall–Kier alpha value is -2.08. The zero-order chi connectivity index (χ0) is 15.7. The Labute approximate surface area is 129 Å². The van der Waals surface area contributed by atoms with E-state index in [-0.39, 0.29) is 30.2 Å². The standard InChI is InChI=1S/C16H20N2O4/c1-3-22-16(20)18-13-7-5-4-6-11(13)12-8-10(17-15(12)18)9-14(19)21-2/h4-7,10,12,15,17H,3,8-9H2,1-2H3/t10-,12+,15-/m0/s1. The van der Waals surface area contributed by atoms with Crippen LogP contribution in [0.3, 0.4) is 0 Å². The van der Waals surface area contributed by atoms with E-state index in [0.29, 0.717) is 13.0 Å². The van der Waals surface area contributed by atoms with Gasteiger partial charge in [-0.3, -0.25) is 15.0 Å². The quantitative estimate of drug-likeness (QED) is 0.865. The van der Waals surface area contributed by atoms with Crippen LogP contribution in [0, 0.1) is 0 Å². The molecule has 3 rings (SSSR count). The number of carbonyl (C=O) groups excluding carboxylic acids is 2. The molecule has 2 heterocycles. The lowest BCUT2D eigenvalue weighted by atomic mass is 9.95. The number of amides is 1. The van der Waals surface area contributed by atoms with E-state index in [1.54, 1.807) is 11.8 Å². The molecular formula is C16H20N2O4. The number of methoxy groups -OCH3 is 1. The van der Waals surface area contributed by atoms with Gasteiger partial charge in [0.25, 0.3) is 0 Å². The Morgan fingerprint density at radius 3 is 2.86 bits per heavy atom. The molecule has 22 heavy (non-hydrogen) atoms. The van der Waals surface area contributed by atoms with Gasteiger partial charge in [-0.1, -0.05) is 18.2 Å². The van der Waals surface area contributed by atoms with Gasteiger partial charge in [0, 0.05) is 12.0 Å². The van der Waals surface area contributed by atoms with Gasteiger partial charge in [0.15, 0.2) is 0 Å². The van der Waals surface area contributed by atoms with E-state index in [1.165, 1.54) is 7.11 Å². The number of hydrogen-bond acceptors (Lipinski definition) is 5. The highest BCUT2D eigenvalue weighted by Crippen LogP contribution is 2.46. The van der Waals surface area contributed by atoms with Crippen LogP contribution in [0.4, 0.5) is 10.5 Å². The Balaban J connectivity index is 1.85.